The van der Waals surface area contributed by atoms with Gasteiger partial charge >= 0.3 is 0 Å². The molecule has 3 N–H and O–H groups in total. The van der Waals surface area contributed by atoms with E-state index in [1.54, 1.807) is 4.90 Å². The lowest BCUT2D eigenvalue weighted by Gasteiger charge is -2.31. The number of amides is 2. The van der Waals surface area contributed by atoms with Gasteiger partial charge in [0.25, 0.3) is 0 Å². The highest BCUT2D eigenvalue weighted by Gasteiger charge is 2.41. The van der Waals surface area contributed by atoms with Gasteiger partial charge in [-0.15, -0.1) is 17.0 Å². The lowest BCUT2D eigenvalue weighted by atomic mass is 9.87. The number of nitrogens with two attached hydrogens (primary N) is 1. The van der Waals surface area contributed by atoms with Gasteiger partial charge in [-0.25, -0.2) is 0 Å². The van der Waals surface area contributed by atoms with E-state index in [0.29, 0.717) is 6.42 Å². The molecule has 0 saturated carbocycles. The van der Waals surface area contributed by atoms with Crippen LogP contribution in [0.3, 0.4) is 0 Å². The summed E-state index contributed by atoms with van der Waals surface area (Å²) in [7, 11) is 0. The number of carbonyl (C=O) groups is 2. The maximum atomic E-state index is 13.4. The first-order valence-corrected chi connectivity index (χ1v) is 10.5. The summed E-state index contributed by atoms with van der Waals surface area (Å²) in [4.78, 5) is 28.2. The summed E-state index contributed by atoms with van der Waals surface area (Å²) in [6, 6.07) is 14.8. The molecule has 2 aliphatic rings. The normalized spacial score (nSPS) is 20.7. The van der Waals surface area contributed by atoms with Crippen molar-refractivity contribution in [3.05, 3.63) is 65.2 Å². The molecule has 6 heteroatoms. The first-order valence-electron chi connectivity index (χ1n) is 10.5. The van der Waals surface area contributed by atoms with Crippen molar-refractivity contribution in [1.82, 2.24) is 5.32 Å². The van der Waals surface area contributed by atoms with E-state index in [4.69, 9.17) is 5.73 Å². The predicted molar refractivity (Wildman–Crippen MR) is 125 cm³/mol. The molecule has 30 heavy (non-hydrogen) atoms. The molecule has 0 radical (unpaired) electrons. The minimum atomic E-state index is -0.633. The predicted octanol–water partition coefficient (Wildman–Crippen LogP) is 3.70. The van der Waals surface area contributed by atoms with E-state index < -0.39 is 12.1 Å². The molecular weight excluding hydrogens is 442 g/mol. The number of para-hydroxylation sites is 1. The number of hydrogen-bond donors (Lipinski definition) is 2. The molecule has 0 bridgehead atoms. The standard InChI is InChI=1S/C24H29N3O2.BrH/c1-15(2)22(25)24(29)27-20-13-6-4-9-17(20)14-21(27)23(28)26-19-12-7-10-16-8-3-5-11-18(16)19;/h3-6,8-9,11,13,15,19,21-22H,7,10,12,14,25H2,1-2H3,(H,26,28);1H. The average Bonchev–Trinajstić information content (AvgIpc) is 3.12. The van der Waals surface area contributed by atoms with Gasteiger partial charge in [0.2, 0.25) is 11.8 Å². The zero-order chi connectivity index (χ0) is 20.5. The van der Waals surface area contributed by atoms with E-state index >= 15 is 0 Å². The minimum absolute atomic E-state index is 0. The van der Waals surface area contributed by atoms with Crippen LogP contribution >= 0.6 is 17.0 Å². The van der Waals surface area contributed by atoms with Gasteiger partial charge in [0, 0.05) is 12.1 Å². The Bertz CT molecular complexity index is 930. The topological polar surface area (TPSA) is 75.4 Å². The highest BCUT2D eigenvalue weighted by Crippen LogP contribution is 2.34. The van der Waals surface area contributed by atoms with Gasteiger partial charge < -0.3 is 11.1 Å². The van der Waals surface area contributed by atoms with Crippen LogP contribution in [0.5, 0.6) is 0 Å². The third-order valence-electron chi connectivity index (χ3n) is 6.21. The fraction of sp³-hybridized carbons (Fsp3) is 0.417. The first kappa shape index (κ1) is 22.5. The Hall–Kier alpha value is -2.18. The smallest absolute Gasteiger partial charge is 0.244 e. The van der Waals surface area contributed by atoms with Crippen LogP contribution in [0.2, 0.25) is 0 Å². The van der Waals surface area contributed by atoms with Crippen molar-refractivity contribution in [2.24, 2.45) is 11.7 Å². The number of hydrogen-bond acceptors (Lipinski definition) is 3. The van der Waals surface area contributed by atoms with E-state index in [9.17, 15) is 9.59 Å². The van der Waals surface area contributed by atoms with Crippen molar-refractivity contribution in [2.45, 2.75) is 57.7 Å². The van der Waals surface area contributed by atoms with Crippen LogP contribution < -0.4 is 16.0 Å². The third-order valence-corrected chi connectivity index (χ3v) is 6.21. The van der Waals surface area contributed by atoms with Crippen molar-refractivity contribution >= 4 is 34.5 Å². The highest BCUT2D eigenvalue weighted by atomic mass is 79.9. The van der Waals surface area contributed by atoms with Crippen molar-refractivity contribution in [3.8, 4) is 0 Å². The number of benzene rings is 2. The summed E-state index contributed by atoms with van der Waals surface area (Å²) >= 11 is 0. The fourth-order valence-electron chi connectivity index (χ4n) is 4.49. The Labute approximate surface area is 188 Å². The van der Waals surface area contributed by atoms with E-state index in [1.165, 1.54) is 11.1 Å². The molecule has 2 amide bonds. The number of carbonyl (C=O) groups excluding carboxylic acids is 2. The first-order chi connectivity index (χ1) is 14.0. The molecule has 3 atom stereocenters. The van der Waals surface area contributed by atoms with E-state index in [-0.39, 0.29) is 40.8 Å². The van der Waals surface area contributed by atoms with Gasteiger partial charge in [-0.2, -0.15) is 0 Å². The Morgan fingerprint density at radius 2 is 1.73 bits per heavy atom. The number of halogens is 1. The van der Waals surface area contributed by atoms with E-state index in [0.717, 1.165) is 30.5 Å². The summed E-state index contributed by atoms with van der Waals surface area (Å²) in [5, 5.41) is 3.23. The van der Waals surface area contributed by atoms with Gasteiger partial charge in [-0.3, -0.25) is 14.5 Å². The van der Waals surface area contributed by atoms with Crippen LogP contribution in [-0.2, 0) is 22.4 Å². The largest absolute Gasteiger partial charge is 0.347 e. The number of nitrogens with zero attached hydrogens (tertiary/aromatic N) is 1. The van der Waals surface area contributed by atoms with Crippen LogP contribution in [0, 0.1) is 5.92 Å². The van der Waals surface area contributed by atoms with Gasteiger partial charge in [-0.1, -0.05) is 56.3 Å². The molecule has 0 fully saturated rings. The van der Waals surface area contributed by atoms with E-state index in [2.05, 4.69) is 17.4 Å². The van der Waals surface area contributed by atoms with Crippen LogP contribution in [0.25, 0.3) is 0 Å². The molecule has 0 spiro atoms. The second-order valence-corrected chi connectivity index (χ2v) is 8.48. The monoisotopic (exact) mass is 471 g/mol. The van der Waals surface area contributed by atoms with E-state index in [1.807, 2.05) is 50.2 Å². The Kier molecular flexibility index (Phi) is 6.98. The van der Waals surface area contributed by atoms with Crippen molar-refractivity contribution < 1.29 is 9.59 Å². The fourth-order valence-corrected chi connectivity index (χ4v) is 4.49. The molecule has 0 aromatic heterocycles. The van der Waals surface area contributed by atoms with Gasteiger partial charge in [0.05, 0.1) is 12.1 Å². The van der Waals surface area contributed by atoms with Gasteiger partial charge in [-0.05, 0) is 47.9 Å². The quantitative estimate of drug-likeness (QED) is 0.713. The molecule has 2 aromatic carbocycles. The average molecular weight is 472 g/mol. The van der Waals surface area contributed by atoms with Crippen LogP contribution in [-0.4, -0.2) is 23.9 Å². The summed E-state index contributed by atoms with van der Waals surface area (Å²) in [5.74, 6) is -0.287. The summed E-state index contributed by atoms with van der Waals surface area (Å²) in [5.41, 5.74) is 10.5. The molecule has 0 saturated heterocycles. The third kappa shape index (κ3) is 4.16. The second-order valence-electron chi connectivity index (χ2n) is 8.48. The maximum Gasteiger partial charge on any atom is 0.244 e. The molecule has 1 heterocycles. The summed E-state index contributed by atoms with van der Waals surface area (Å²) < 4.78 is 0. The zero-order valence-corrected chi connectivity index (χ0v) is 19.2. The summed E-state index contributed by atoms with van der Waals surface area (Å²) in [6.07, 6.45) is 3.54. The van der Waals surface area contributed by atoms with Crippen LogP contribution in [0.15, 0.2) is 48.5 Å². The molecule has 1 aliphatic carbocycles. The Balaban J connectivity index is 0.00000256. The van der Waals surface area contributed by atoms with Crippen molar-refractivity contribution in [2.75, 3.05) is 4.90 Å². The Morgan fingerprint density at radius 1 is 1.07 bits per heavy atom. The van der Waals surface area contributed by atoms with Crippen molar-refractivity contribution in [3.63, 3.8) is 0 Å². The molecular formula is C24H30BrN3O2. The minimum Gasteiger partial charge on any atom is -0.347 e. The molecule has 2 aromatic rings. The number of rotatable bonds is 4. The second kappa shape index (κ2) is 9.31. The van der Waals surface area contributed by atoms with Crippen LogP contribution in [0.1, 0.15) is 49.4 Å². The maximum absolute atomic E-state index is 13.4. The Morgan fingerprint density at radius 3 is 2.47 bits per heavy atom. The number of fused-ring (bicyclic) bond motifs is 2. The summed E-state index contributed by atoms with van der Waals surface area (Å²) in [6.45, 7) is 3.86. The molecule has 3 unspecified atom stereocenters. The number of aryl methyl sites for hydroxylation is 1. The zero-order valence-electron chi connectivity index (χ0n) is 17.5. The molecule has 160 valence electrons. The van der Waals surface area contributed by atoms with Crippen LogP contribution in [0.4, 0.5) is 5.69 Å². The van der Waals surface area contributed by atoms with Gasteiger partial charge in [0.15, 0.2) is 0 Å². The SMILES string of the molecule is Br.CC(C)C(N)C(=O)N1c2ccccc2CC1C(=O)NC1CCCc2ccccc21. The molecule has 4 rings (SSSR count). The number of nitrogens with one attached hydrogen (secondary N) is 1. The highest BCUT2D eigenvalue weighted by molar-refractivity contribution is 8.93. The molecule has 1 aliphatic heterocycles. The lowest BCUT2D eigenvalue weighted by molar-refractivity contribution is -0.127. The lowest BCUT2D eigenvalue weighted by Crippen LogP contribution is -2.54. The molecule has 5 nitrogen and oxygen atoms in total. The van der Waals surface area contributed by atoms with Gasteiger partial charge in [0.1, 0.15) is 6.04 Å². The van der Waals surface area contributed by atoms with Crippen molar-refractivity contribution in [1.29, 1.82) is 0 Å². The number of anilines is 1.